The number of hydroxylamine groups is 2. The van der Waals surface area contributed by atoms with Crippen LogP contribution < -0.4 is 4.90 Å². The Balaban J connectivity index is 1.63. The number of nitrogens with zero attached hydrogens (tertiary/aromatic N) is 4. The fourth-order valence-corrected chi connectivity index (χ4v) is 4.77. The minimum Gasteiger partial charge on any atom is -0.423 e. The summed E-state index contributed by atoms with van der Waals surface area (Å²) >= 11 is 1.33. The molecule has 0 amide bonds. The Morgan fingerprint density at radius 2 is 1.93 bits per heavy atom. The Labute approximate surface area is 167 Å². The molecule has 2 fully saturated rings. The van der Waals surface area contributed by atoms with Gasteiger partial charge in [-0.3, -0.25) is 0 Å². The van der Waals surface area contributed by atoms with Crippen LogP contribution in [0.15, 0.2) is 28.1 Å². The third-order valence-corrected chi connectivity index (χ3v) is 6.35. The lowest BCUT2D eigenvalue weighted by Crippen LogP contribution is -2.52. The van der Waals surface area contributed by atoms with Crippen LogP contribution in [0.2, 0.25) is 0 Å². The maximum absolute atomic E-state index is 13.2. The number of hydrogen-bond donors (Lipinski definition) is 2. The van der Waals surface area contributed by atoms with Crippen LogP contribution in [0.3, 0.4) is 0 Å². The number of aliphatic hydroxyl groups is 1. The van der Waals surface area contributed by atoms with Crippen molar-refractivity contribution in [2.45, 2.75) is 37.2 Å². The van der Waals surface area contributed by atoms with E-state index in [0.717, 1.165) is 12.8 Å². The van der Waals surface area contributed by atoms with Gasteiger partial charge in [-0.25, -0.2) is 4.98 Å². The number of benzene rings is 1. The van der Waals surface area contributed by atoms with E-state index in [-0.39, 0.29) is 34.8 Å². The largest absolute Gasteiger partial charge is 0.423 e. The predicted octanol–water partition coefficient (Wildman–Crippen LogP) is 3.59. The summed E-state index contributed by atoms with van der Waals surface area (Å²) in [5.41, 5.74) is 0.299. The molecule has 0 radical (unpaired) electrons. The molecule has 2 aromatic heterocycles. The van der Waals surface area contributed by atoms with Crippen molar-refractivity contribution in [3.63, 3.8) is 0 Å². The van der Waals surface area contributed by atoms with Crippen LogP contribution in [0.5, 0.6) is 0 Å². The molecule has 11 heteroatoms. The van der Waals surface area contributed by atoms with E-state index in [1.54, 1.807) is 11.6 Å². The fourth-order valence-electron chi connectivity index (χ4n) is 4.11. The molecule has 29 heavy (non-hydrogen) atoms. The molecule has 2 aliphatic heterocycles. The predicted molar refractivity (Wildman–Crippen MR) is 98.8 cm³/mol. The van der Waals surface area contributed by atoms with Crippen LogP contribution in [-0.2, 0) is 0 Å². The monoisotopic (exact) mass is 426 g/mol. The molecule has 2 N–H and O–H groups in total. The minimum absolute atomic E-state index is 0.0312. The molecule has 2 saturated heterocycles. The molecule has 2 aliphatic rings. The second-order valence-corrected chi connectivity index (χ2v) is 8.22. The Morgan fingerprint density at radius 3 is 2.55 bits per heavy atom. The average Bonchev–Trinajstić information content (AvgIpc) is 3.39. The van der Waals surface area contributed by atoms with Crippen LogP contribution in [-0.4, -0.2) is 56.7 Å². The van der Waals surface area contributed by atoms with Gasteiger partial charge in [-0.1, -0.05) is 6.07 Å². The number of aromatic nitrogens is 2. The van der Waals surface area contributed by atoms with Crippen LogP contribution in [0.1, 0.15) is 24.5 Å². The number of piperazine rings is 1. The van der Waals surface area contributed by atoms with Gasteiger partial charge in [-0.05, 0) is 18.9 Å². The molecule has 1 aromatic carbocycles. The van der Waals surface area contributed by atoms with E-state index in [4.69, 9.17) is 4.42 Å². The van der Waals surface area contributed by atoms with Gasteiger partial charge in [-0.2, -0.15) is 23.2 Å². The topological polar surface area (TPSA) is 85.9 Å². The van der Waals surface area contributed by atoms with Crippen molar-refractivity contribution in [3.8, 4) is 10.6 Å². The van der Waals surface area contributed by atoms with E-state index in [2.05, 4.69) is 9.97 Å². The lowest BCUT2D eigenvalue weighted by Gasteiger charge is -2.36. The molecule has 3 aromatic rings. The zero-order valence-electron chi connectivity index (χ0n) is 15.0. The first kappa shape index (κ1) is 18.8. The number of thiazole rings is 1. The molecular formula is C18H17F3N4O3S. The van der Waals surface area contributed by atoms with Crippen molar-refractivity contribution in [2.75, 3.05) is 18.0 Å². The van der Waals surface area contributed by atoms with E-state index in [9.17, 15) is 23.5 Å². The Kier molecular flexibility index (Phi) is 4.32. The lowest BCUT2D eigenvalue weighted by atomic mass is 10.0. The number of halogens is 3. The number of anilines is 1. The van der Waals surface area contributed by atoms with E-state index in [0.29, 0.717) is 23.7 Å². The molecule has 7 nitrogen and oxygen atoms in total. The molecular weight excluding hydrogens is 409 g/mol. The van der Waals surface area contributed by atoms with Crippen molar-refractivity contribution in [2.24, 2.45) is 0 Å². The standard InChI is InChI=1S/C18H17F3N4O3S/c19-18(20,21)15(26)11-3-4-12(16-22-5-6-29-16)14-13(11)23-17(28-14)24-7-9-1-2-10(8-24)25(9)27/h3-6,9-10,15,26-27H,1-2,7-8H2/t9-,10?,15?/m1/s1. The Bertz CT molecular complexity index is 1030. The fraction of sp³-hybridized carbons (Fsp3) is 0.444. The van der Waals surface area contributed by atoms with Crippen LogP contribution in [0.25, 0.3) is 21.7 Å². The molecule has 4 heterocycles. The van der Waals surface area contributed by atoms with Crippen LogP contribution in [0.4, 0.5) is 19.2 Å². The van der Waals surface area contributed by atoms with Gasteiger partial charge in [0, 0.05) is 30.2 Å². The maximum Gasteiger partial charge on any atom is 0.418 e. The molecule has 154 valence electrons. The van der Waals surface area contributed by atoms with Gasteiger partial charge in [-0.15, -0.1) is 11.3 Å². The van der Waals surface area contributed by atoms with Gasteiger partial charge in [0.15, 0.2) is 11.7 Å². The van der Waals surface area contributed by atoms with Gasteiger partial charge in [0.25, 0.3) is 6.01 Å². The van der Waals surface area contributed by atoms with Crippen LogP contribution >= 0.6 is 11.3 Å². The normalized spacial score (nSPS) is 23.8. The first-order valence-corrected chi connectivity index (χ1v) is 10.0. The summed E-state index contributed by atoms with van der Waals surface area (Å²) in [6.45, 7) is 0.924. The van der Waals surface area contributed by atoms with Crippen LogP contribution in [0, 0.1) is 0 Å². The number of alkyl halides is 3. The molecule has 0 aliphatic carbocycles. The average molecular weight is 426 g/mol. The zero-order chi connectivity index (χ0) is 20.3. The number of oxazole rings is 1. The van der Waals surface area contributed by atoms with Crippen molar-refractivity contribution >= 4 is 28.5 Å². The summed E-state index contributed by atoms with van der Waals surface area (Å²) in [6, 6.07) is 2.74. The highest BCUT2D eigenvalue weighted by molar-refractivity contribution is 7.13. The third kappa shape index (κ3) is 3.08. The number of rotatable bonds is 3. The number of fused-ring (bicyclic) bond motifs is 3. The summed E-state index contributed by atoms with van der Waals surface area (Å²) in [4.78, 5) is 10.4. The van der Waals surface area contributed by atoms with Gasteiger partial charge >= 0.3 is 6.18 Å². The lowest BCUT2D eigenvalue weighted by molar-refractivity contribution is -0.206. The molecule has 0 spiro atoms. The third-order valence-electron chi connectivity index (χ3n) is 5.54. The summed E-state index contributed by atoms with van der Waals surface area (Å²) in [5, 5.41) is 23.6. The summed E-state index contributed by atoms with van der Waals surface area (Å²) < 4.78 is 45.5. The van der Waals surface area contributed by atoms with Gasteiger partial charge < -0.3 is 19.6 Å². The first-order chi connectivity index (χ1) is 13.8. The highest BCUT2D eigenvalue weighted by Crippen LogP contribution is 2.41. The highest BCUT2D eigenvalue weighted by atomic mass is 32.1. The number of hydrogen-bond acceptors (Lipinski definition) is 8. The van der Waals surface area contributed by atoms with Crippen molar-refractivity contribution in [1.82, 2.24) is 15.0 Å². The van der Waals surface area contributed by atoms with E-state index in [1.807, 2.05) is 4.90 Å². The van der Waals surface area contributed by atoms with E-state index < -0.39 is 12.3 Å². The van der Waals surface area contributed by atoms with Crippen molar-refractivity contribution in [1.29, 1.82) is 0 Å². The molecule has 2 bridgehead atoms. The second-order valence-electron chi connectivity index (χ2n) is 7.33. The first-order valence-electron chi connectivity index (χ1n) is 9.13. The Hall–Kier alpha value is -2.21. The highest BCUT2D eigenvalue weighted by Gasteiger charge is 2.43. The van der Waals surface area contributed by atoms with Gasteiger partial charge in [0.05, 0.1) is 17.6 Å². The molecule has 3 atom stereocenters. The second kappa shape index (κ2) is 6.66. The SMILES string of the molecule is OC(c1ccc(-c2nccs2)c2oc(N3CC4CC[C@H](C3)N4O)nc12)C(F)(F)F. The van der Waals surface area contributed by atoms with Crippen molar-refractivity contribution in [3.05, 3.63) is 29.3 Å². The molecule has 0 saturated carbocycles. The quantitative estimate of drug-likeness (QED) is 0.662. The minimum atomic E-state index is -4.82. The van der Waals surface area contributed by atoms with Crippen molar-refractivity contribution < 1.29 is 27.9 Å². The number of aliphatic hydroxyl groups excluding tert-OH is 1. The van der Waals surface area contributed by atoms with Gasteiger partial charge in [0.1, 0.15) is 10.5 Å². The summed E-state index contributed by atoms with van der Waals surface area (Å²) in [6.07, 6.45) is -4.23. The van der Waals surface area contributed by atoms with E-state index >= 15 is 0 Å². The molecule has 5 rings (SSSR count). The summed E-state index contributed by atoms with van der Waals surface area (Å²) in [7, 11) is 0. The maximum atomic E-state index is 13.2. The van der Waals surface area contributed by atoms with Gasteiger partial charge in [0.2, 0.25) is 0 Å². The smallest absolute Gasteiger partial charge is 0.418 e. The van der Waals surface area contributed by atoms with E-state index in [1.165, 1.54) is 28.5 Å². The zero-order valence-corrected chi connectivity index (χ0v) is 15.8. The molecule has 2 unspecified atom stereocenters. The summed E-state index contributed by atoms with van der Waals surface area (Å²) in [5.74, 6) is 0. The Morgan fingerprint density at radius 1 is 1.21 bits per heavy atom.